The zero-order valence-electron chi connectivity index (χ0n) is 15.0. The van der Waals surface area contributed by atoms with Gasteiger partial charge in [-0.1, -0.05) is 13.8 Å². The zero-order chi connectivity index (χ0) is 17.8. The molecule has 1 aromatic carbocycles. The third-order valence-corrected chi connectivity index (χ3v) is 4.36. The molecule has 0 saturated heterocycles. The molecule has 0 fully saturated rings. The number of hydrogen-bond donors (Lipinski definition) is 2. The van der Waals surface area contributed by atoms with Crippen molar-refractivity contribution in [2.45, 2.75) is 39.2 Å². The first-order valence-electron chi connectivity index (χ1n) is 8.69. The van der Waals surface area contributed by atoms with Crippen molar-refractivity contribution in [3.8, 4) is 11.5 Å². The number of H-pyrrole nitrogens is 1. The van der Waals surface area contributed by atoms with Gasteiger partial charge in [0.15, 0.2) is 0 Å². The monoisotopic (exact) mass is 343 g/mol. The second-order valence-corrected chi connectivity index (χ2v) is 6.85. The van der Waals surface area contributed by atoms with Crippen LogP contribution in [0.25, 0.3) is 0 Å². The zero-order valence-corrected chi connectivity index (χ0v) is 15.0. The Bertz CT molecular complexity index is 739. The Kier molecular flexibility index (Phi) is 5.26. The van der Waals surface area contributed by atoms with Crippen LogP contribution in [0.5, 0.6) is 11.5 Å². The number of nitrogens with zero attached hydrogens (tertiary/aromatic N) is 1. The number of aryl methyl sites for hydroxylation is 1. The molecule has 1 aliphatic carbocycles. The van der Waals surface area contributed by atoms with Gasteiger partial charge in [-0.15, -0.1) is 0 Å². The molecule has 1 unspecified atom stereocenters. The van der Waals surface area contributed by atoms with E-state index in [1.54, 1.807) is 25.3 Å². The van der Waals surface area contributed by atoms with Gasteiger partial charge in [0.2, 0.25) is 0 Å². The summed E-state index contributed by atoms with van der Waals surface area (Å²) in [7, 11) is 1.60. The lowest BCUT2D eigenvalue weighted by Crippen LogP contribution is -2.38. The molecule has 25 heavy (non-hydrogen) atoms. The molecule has 0 aliphatic heterocycles. The van der Waals surface area contributed by atoms with Crippen LogP contribution >= 0.6 is 0 Å². The molecular formula is C19H25N3O3. The van der Waals surface area contributed by atoms with Gasteiger partial charge in [-0.3, -0.25) is 9.89 Å². The predicted molar refractivity (Wildman–Crippen MR) is 95.2 cm³/mol. The molecule has 0 bridgehead atoms. The highest BCUT2D eigenvalue weighted by Crippen LogP contribution is 2.26. The maximum Gasteiger partial charge on any atom is 0.255 e. The lowest BCUT2D eigenvalue weighted by atomic mass is 9.93. The molecule has 1 aliphatic rings. The van der Waals surface area contributed by atoms with E-state index in [-0.39, 0.29) is 11.9 Å². The first-order chi connectivity index (χ1) is 12.1. The summed E-state index contributed by atoms with van der Waals surface area (Å²) in [5.74, 6) is 1.50. The van der Waals surface area contributed by atoms with E-state index in [9.17, 15) is 4.79 Å². The molecule has 0 saturated carbocycles. The van der Waals surface area contributed by atoms with Crippen LogP contribution in [0.3, 0.4) is 0 Å². The average Bonchev–Trinajstić information content (AvgIpc) is 3.07. The molecule has 134 valence electrons. The number of rotatable bonds is 6. The number of fused-ring (bicyclic) bond motifs is 1. The number of nitrogens with one attached hydrogen (secondary N) is 2. The molecule has 0 spiro atoms. The van der Waals surface area contributed by atoms with E-state index in [0.29, 0.717) is 29.6 Å². The summed E-state index contributed by atoms with van der Waals surface area (Å²) in [5.41, 5.74) is 2.90. The molecule has 2 aromatic rings. The van der Waals surface area contributed by atoms with Crippen molar-refractivity contribution in [3.63, 3.8) is 0 Å². The van der Waals surface area contributed by atoms with Crippen LogP contribution in [0.2, 0.25) is 0 Å². The number of ether oxygens (including phenoxy) is 2. The fourth-order valence-corrected chi connectivity index (χ4v) is 3.00. The predicted octanol–water partition coefficient (Wildman–Crippen LogP) is 2.74. The van der Waals surface area contributed by atoms with Crippen molar-refractivity contribution in [1.29, 1.82) is 0 Å². The number of benzene rings is 1. The minimum absolute atomic E-state index is 0.109. The lowest BCUT2D eigenvalue weighted by molar-refractivity contribution is 0.0928. The van der Waals surface area contributed by atoms with Crippen LogP contribution in [-0.4, -0.2) is 35.9 Å². The molecule has 1 atom stereocenters. The fraction of sp³-hybridized carbons (Fsp3) is 0.474. The van der Waals surface area contributed by atoms with Crippen LogP contribution < -0.4 is 14.8 Å². The number of carbonyl (C=O) groups is 1. The van der Waals surface area contributed by atoms with Gasteiger partial charge in [0.1, 0.15) is 11.5 Å². The lowest BCUT2D eigenvalue weighted by Gasteiger charge is -2.23. The van der Waals surface area contributed by atoms with Crippen molar-refractivity contribution in [1.82, 2.24) is 15.5 Å². The van der Waals surface area contributed by atoms with Gasteiger partial charge >= 0.3 is 0 Å². The number of hydrogen-bond acceptors (Lipinski definition) is 4. The third-order valence-electron chi connectivity index (χ3n) is 4.36. The van der Waals surface area contributed by atoms with Crippen molar-refractivity contribution in [3.05, 3.63) is 41.2 Å². The number of aromatic amines is 1. The summed E-state index contributed by atoms with van der Waals surface area (Å²) >= 11 is 0. The number of amides is 1. The molecule has 0 radical (unpaired) electrons. The van der Waals surface area contributed by atoms with Crippen molar-refractivity contribution in [2.24, 2.45) is 5.92 Å². The van der Waals surface area contributed by atoms with Gasteiger partial charge in [0.25, 0.3) is 5.91 Å². The molecule has 3 rings (SSSR count). The van der Waals surface area contributed by atoms with Crippen LogP contribution in [0.1, 0.15) is 41.9 Å². The Morgan fingerprint density at radius 3 is 3.04 bits per heavy atom. The highest BCUT2D eigenvalue weighted by Gasteiger charge is 2.23. The fourth-order valence-electron chi connectivity index (χ4n) is 3.00. The van der Waals surface area contributed by atoms with Crippen molar-refractivity contribution >= 4 is 5.91 Å². The van der Waals surface area contributed by atoms with E-state index in [4.69, 9.17) is 9.47 Å². The van der Waals surface area contributed by atoms with E-state index in [2.05, 4.69) is 29.4 Å². The Hall–Kier alpha value is -2.50. The largest absolute Gasteiger partial charge is 0.497 e. The average molecular weight is 343 g/mol. The number of carbonyl (C=O) groups excluding carboxylic acids is 1. The first kappa shape index (κ1) is 17.3. The highest BCUT2D eigenvalue weighted by atomic mass is 16.5. The van der Waals surface area contributed by atoms with Gasteiger partial charge < -0.3 is 14.8 Å². The van der Waals surface area contributed by atoms with Gasteiger partial charge in [-0.05, 0) is 42.9 Å². The molecule has 1 heterocycles. The van der Waals surface area contributed by atoms with Gasteiger partial charge in [-0.25, -0.2) is 0 Å². The van der Waals surface area contributed by atoms with Gasteiger partial charge in [0.05, 0.1) is 25.5 Å². The minimum atomic E-state index is -0.113. The second-order valence-electron chi connectivity index (χ2n) is 6.85. The topological polar surface area (TPSA) is 76.2 Å². The normalized spacial score (nSPS) is 16.4. The molecule has 2 N–H and O–H groups in total. The number of methoxy groups -OCH3 is 1. The summed E-state index contributed by atoms with van der Waals surface area (Å²) in [6.45, 7) is 4.70. The Morgan fingerprint density at radius 2 is 2.28 bits per heavy atom. The second kappa shape index (κ2) is 7.59. The SMILES string of the molecule is COc1ccc(C(=O)NC2CCc3[nH]ncc3C2)c(OCC(C)C)c1. The summed E-state index contributed by atoms with van der Waals surface area (Å²) < 4.78 is 11.1. The summed E-state index contributed by atoms with van der Waals surface area (Å²) in [6.07, 6.45) is 4.45. The van der Waals surface area contributed by atoms with E-state index in [1.807, 2.05) is 6.20 Å². The van der Waals surface area contributed by atoms with E-state index < -0.39 is 0 Å². The molecule has 1 amide bonds. The standard InChI is InChI=1S/C19H25N3O3/c1-12(2)11-25-18-9-15(24-3)5-6-16(18)19(23)21-14-4-7-17-13(8-14)10-20-22-17/h5-6,9-10,12,14H,4,7-8,11H2,1-3H3,(H,20,22)(H,21,23). The Balaban J connectivity index is 1.72. The van der Waals surface area contributed by atoms with Crippen molar-refractivity contribution in [2.75, 3.05) is 13.7 Å². The molecule has 6 heteroatoms. The van der Waals surface area contributed by atoms with E-state index in [1.165, 1.54) is 11.3 Å². The Labute approximate surface area is 147 Å². The maximum atomic E-state index is 12.8. The summed E-state index contributed by atoms with van der Waals surface area (Å²) in [4.78, 5) is 12.8. The van der Waals surface area contributed by atoms with Gasteiger partial charge in [-0.2, -0.15) is 5.10 Å². The highest BCUT2D eigenvalue weighted by molar-refractivity contribution is 5.97. The molecule has 6 nitrogen and oxygen atoms in total. The van der Waals surface area contributed by atoms with Crippen LogP contribution in [0.15, 0.2) is 24.4 Å². The van der Waals surface area contributed by atoms with Crippen LogP contribution in [0, 0.1) is 5.92 Å². The van der Waals surface area contributed by atoms with Crippen molar-refractivity contribution < 1.29 is 14.3 Å². The summed E-state index contributed by atoms with van der Waals surface area (Å²) in [6, 6.07) is 5.42. The maximum absolute atomic E-state index is 12.8. The Morgan fingerprint density at radius 1 is 1.44 bits per heavy atom. The third kappa shape index (κ3) is 4.13. The first-order valence-corrected chi connectivity index (χ1v) is 8.69. The smallest absolute Gasteiger partial charge is 0.255 e. The van der Waals surface area contributed by atoms with E-state index >= 15 is 0 Å². The van der Waals surface area contributed by atoms with Crippen LogP contribution in [0.4, 0.5) is 0 Å². The van der Waals surface area contributed by atoms with E-state index in [0.717, 1.165) is 19.3 Å². The minimum Gasteiger partial charge on any atom is -0.497 e. The molecular weight excluding hydrogens is 318 g/mol. The van der Waals surface area contributed by atoms with Gasteiger partial charge in [0, 0.05) is 17.8 Å². The number of aromatic nitrogens is 2. The quantitative estimate of drug-likeness (QED) is 0.845. The summed E-state index contributed by atoms with van der Waals surface area (Å²) in [5, 5.41) is 10.2. The van der Waals surface area contributed by atoms with Crippen LogP contribution in [-0.2, 0) is 12.8 Å². The molecule has 1 aromatic heterocycles.